The van der Waals surface area contributed by atoms with E-state index >= 15 is 0 Å². The Morgan fingerprint density at radius 1 is 0.957 bits per heavy atom. The highest BCUT2D eigenvalue weighted by Crippen LogP contribution is 2.23. The first-order chi connectivity index (χ1) is 11.3. The van der Waals surface area contributed by atoms with Crippen molar-refractivity contribution >= 4 is 18.5 Å². The van der Waals surface area contributed by atoms with Crippen molar-refractivity contribution in [3.63, 3.8) is 0 Å². The molecule has 3 rings (SSSR count). The van der Waals surface area contributed by atoms with Gasteiger partial charge in [0.05, 0.1) is 0 Å². The van der Waals surface area contributed by atoms with E-state index in [9.17, 15) is 4.79 Å². The van der Waals surface area contributed by atoms with Gasteiger partial charge in [0.2, 0.25) is 0 Å². The van der Waals surface area contributed by atoms with Crippen LogP contribution in [0.25, 0.3) is 0 Å². The van der Waals surface area contributed by atoms with E-state index in [0.717, 1.165) is 43.5 Å². The highest BCUT2D eigenvalue weighted by molar-refractivity contribution is 7.79. The normalized spacial score (nSPS) is 15.6. The van der Waals surface area contributed by atoms with Gasteiger partial charge in [0.25, 0.3) is 5.91 Å². The predicted molar refractivity (Wildman–Crippen MR) is 97.9 cm³/mol. The minimum absolute atomic E-state index is 0.161. The second kappa shape index (κ2) is 7.69. The first kappa shape index (κ1) is 16.1. The molecule has 1 fully saturated rings. The summed E-state index contributed by atoms with van der Waals surface area (Å²) in [7, 11) is 0. The smallest absolute Gasteiger partial charge is 0.253 e. The number of benzene rings is 2. The van der Waals surface area contributed by atoms with Gasteiger partial charge in [-0.1, -0.05) is 42.5 Å². The number of carbonyl (C=O) groups is 1. The maximum atomic E-state index is 12.6. The molecule has 0 aliphatic carbocycles. The summed E-state index contributed by atoms with van der Waals surface area (Å²) in [6.07, 6.45) is 3.31. The average molecular weight is 325 g/mol. The van der Waals surface area contributed by atoms with Crippen LogP contribution in [-0.4, -0.2) is 23.9 Å². The van der Waals surface area contributed by atoms with Crippen molar-refractivity contribution < 1.29 is 4.79 Å². The Balaban J connectivity index is 1.54. The summed E-state index contributed by atoms with van der Waals surface area (Å²) >= 11 is 4.25. The number of carbonyl (C=O) groups excluding carboxylic acids is 1. The molecule has 1 heterocycles. The number of hydrogen-bond donors (Lipinski definition) is 1. The van der Waals surface area contributed by atoms with Gasteiger partial charge < -0.3 is 4.90 Å². The van der Waals surface area contributed by atoms with E-state index in [2.05, 4.69) is 43.0 Å². The van der Waals surface area contributed by atoms with Gasteiger partial charge in [-0.05, 0) is 48.4 Å². The Morgan fingerprint density at radius 3 is 2.22 bits per heavy atom. The van der Waals surface area contributed by atoms with Crippen LogP contribution >= 0.6 is 12.6 Å². The summed E-state index contributed by atoms with van der Waals surface area (Å²) in [4.78, 5) is 14.6. The lowest BCUT2D eigenvalue weighted by Crippen LogP contribution is -2.38. The molecule has 0 spiro atoms. The Hall–Kier alpha value is -1.74. The molecule has 120 valence electrons. The zero-order valence-electron chi connectivity index (χ0n) is 13.3. The Kier molecular flexibility index (Phi) is 5.39. The molecule has 0 bridgehead atoms. The van der Waals surface area contributed by atoms with E-state index < -0.39 is 0 Å². The summed E-state index contributed by atoms with van der Waals surface area (Å²) in [5.74, 6) is 1.56. The zero-order chi connectivity index (χ0) is 16.1. The Bertz CT molecular complexity index is 630. The number of thiol groups is 1. The number of rotatable bonds is 4. The largest absolute Gasteiger partial charge is 0.339 e. The number of likely N-dealkylation sites (tertiary alicyclic amines) is 1. The van der Waals surface area contributed by atoms with E-state index in [4.69, 9.17) is 0 Å². The number of piperidine rings is 1. The maximum absolute atomic E-state index is 12.6. The van der Waals surface area contributed by atoms with Gasteiger partial charge in [0.1, 0.15) is 0 Å². The van der Waals surface area contributed by atoms with Crippen LogP contribution in [0.15, 0.2) is 54.6 Å². The minimum atomic E-state index is 0.161. The molecule has 0 unspecified atom stereocenters. The van der Waals surface area contributed by atoms with Crippen LogP contribution in [0.3, 0.4) is 0 Å². The van der Waals surface area contributed by atoms with Gasteiger partial charge in [0, 0.05) is 24.4 Å². The first-order valence-electron chi connectivity index (χ1n) is 8.29. The zero-order valence-corrected chi connectivity index (χ0v) is 14.2. The molecule has 0 atom stereocenters. The molecule has 0 saturated carbocycles. The van der Waals surface area contributed by atoms with Crippen molar-refractivity contribution in [2.24, 2.45) is 5.92 Å². The van der Waals surface area contributed by atoms with Gasteiger partial charge in [-0.25, -0.2) is 0 Å². The lowest BCUT2D eigenvalue weighted by Gasteiger charge is -2.32. The molecule has 2 aromatic rings. The van der Waals surface area contributed by atoms with E-state index in [1.54, 1.807) is 0 Å². The van der Waals surface area contributed by atoms with E-state index in [-0.39, 0.29) is 5.91 Å². The van der Waals surface area contributed by atoms with Crippen LogP contribution in [0.4, 0.5) is 0 Å². The third-order valence-electron chi connectivity index (χ3n) is 4.65. The molecule has 0 N–H and O–H groups in total. The predicted octanol–water partition coefficient (Wildman–Crippen LogP) is 4.21. The monoisotopic (exact) mass is 325 g/mol. The fraction of sp³-hybridized carbons (Fsp3) is 0.350. The van der Waals surface area contributed by atoms with Crippen LogP contribution in [0.2, 0.25) is 0 Å². The minimum Gasteiger partial charge on any atom is -0.339 e. The third kappa shape index (κ3) is 4.17. The average Bonchev–Trinajstić information content (AvgIpc) is 2.63. The molecular weight excluding hydrogens is 302 g/mol. The highest BCUT2D eigenvalue weighted by atomic mass is 32.1. The van der Waals surface area contributed by atoms with Crippen molar-refractivity contribution in [3.05, 3.63) is 71.3 Å². The molecule has 0 radical (unpaired) electrons. The summed E-state index contributed by atoms with van der Waals surface area (Å²) < 4.78 is 0. The van der Waals surface area contributed by atoms with Crippen LogP contribution in [0.1, 0.15) is 34.3 Å². The van der Waals surface area contributed by atoms with Crippen LogP contribution < -0.4 is 0 Å². The van der Waals surface area contributed by atoms with Gasteiger partial charge in [-0.2, -0.15) is 12.6 Å². The molecule has 0 aromatic heterocycles. The quantitative estimate of drug-likeness (QED) is 0.835. The Morgan fingerprint density at radius 2 is 1.61 bits per heavy atom. The van der Waals surface area contributed by atoms with E-state index in [1.807, 2.05) is 29.2 Å². The topological polar surface area (TPSA) is 20.3 Å². The van der Waals surface area contributed by atoms with Gasteiger partial charge >= 0.3 is 0 Å². The molecule has 3 heteroatoms. The third-order valence-corrected chi connectivity index (χ3v) is 5.02. The van der Waals surface area contributed by atoms with Crippen LogP contribution in [-0.2, 0) is 12.2 Å². The Labute approximate surface area is 143 Å². The molecule has 1 amide bonds. The lowest BCUT2D eigenvalue weighted by atomic mass is 9.90. The molecule has 1 aliphatic rings. The molecule has 23 heavy (non-hydrogen) atoms. The van der Waals surface area contributed by atoms with Gasteiger partial charge in [-0.3, -0.25) is 4.79 Å². The van der Waals surface area contributed by atoms with Crippen LogP contribution in [0, 0.1) is 5.92 Å². The first-order valence-corrected chi connectivity index (χ1v) is 8.92. The van der Waals surface area contributed by atoms with Crippen LogP contribution in [0.5, 0.6) is 0 Å². The fourth-order valence-electron chi connectivity index (χ4n) is 3.22. The van der Waals surface area contributed by atoms with Gasteiger partial charge in [-0.15, -0.1) is 0 Å². The summed E-state index contributed by atoms with van der Waals surface area (Å²) in [5.41, 5.74) is 3.34. The molecule has 1 saturated heterocycles. The second-order valence-electron chi connectivity index (χ2n) is 6.28. The summed E-state index contributed by atoms with van der Waals surface area (Å²) in [5, 5.41) is 0. The van der Waals surface area contributed by atoms with Crippen molar-refractivity contribution in [3.8, 4) is 0 Å². The highest BCUT2D eigenvalue weighted by Gasteiger charge is 2.23. The summed E-state index contributed by atoms with van der Waals surface area (Å²) in [6.45, 7) is 1.73. The molecule has 2 nitrogen and oxygen atoms in total. The molecule has 1 aliphatic heterocycles. The maximum Gasteiger partial charge on any atom is 0.253 e. The molecular formula is C20H23NOS. The number of hydrogen-bond acceptors (Lipinski definition) is 2. The van der Waals surface area contributed by atoms with Crippen molar-refractivity contribution in [1.82, 2.24) is 4.90 Å². The SMILES string of the molecule is O=C(c1ccc(CS)cc1)N1CCC(Cc2ccccc2)CC1. The van der Waals surface area contributed by atoms with Crippen molar-refractivity contribution in [1.29, 1.82) is 0 Å². The lowest BCUT2D eigenvalue weighted by molar-refractivity contribution is 0.0690. The number of nitrogens with zero attached hydrogens (tertiary/aromatic N) is 1. The van der Waals surface area contributed by atoms with Gasteiger partial charge in [0.15, 0.2) is 0 Å². The number of amides is 1. The fourth-order valence-corrected chi connectivity index (χ4v) is 3.43. The van der Waals surface area contributed by atoms with Crippen molar-refractivity contribution in [2.45, 2.75) is 25.0 Å². The molecule has 2 aromatic carbocycles. The standard InChI is InChI=1S/C20H23NOS/c22-20(19-8-6-18(15-23)7-9-19)21-12-10-17(11-13-21)14-16-4-2-1-3-5-16/h1-9,17,23H,10-15H2. The van der Waals surface area contributed by atoms with E-state index in [1.165, 1.54) is 5.56 Å². The second-order valence-corrected chi connectivity index (χ2v) is 6.60. The van der Waals surface area contributed by atoms with E-state index in [0.29, 0.717) is 11.7 Å². The summed E-state index contributed by atoms with van der Waals surface area (Å²) in [6, 6.07) is 18.5. The van der Waals surface area contributed by atoms with Crippen molar-refractivity contribution in [2.75, 3.05) is 13.1 Å².